The predicted molar refractivity (Wildman–Crippen MR) is 73.6 cm³/mol. The molecule has 5 heteroatoms. The van der Waals surface area contributed by atoms with Gasteiger partial charge in [0.25, 0.3) is 0 Å². The van der Waals surface area contributed by atoms with E-state index in [4.69, 9.17) is 0 Å². The van der Waals surface area contributed by atoms with Gasteiger partial charge < -0.3 is 10.2 Å². The Bertz CT molecular complexity index is 593. The number of carbonyl (C=O) groups excluding carboxylic acids is 1. The Morgan fingerprint density at radius 3 is 2.58 bits per heavy atom. The van der Waals surface area contributed by atoms with Crippen molar-refractivity contribution in [2.75, 3.05) is 0 Å². The van der Waals surface area contributed by atoms with Crippen LogP contribution >= 0.6 is 11.8 Å². The molecule has 1 aromatic carbocycles. The number of benzene rings is 1. The van der Waals surface area contributed by atoms with Gasteiger partial charge in [0, 0.05) is 23.7 Å². The van der Waals surface area contributed by atoms with E-state index in [9.17, 15) is 15.0 Å². The first-order chi connectivity index (χ1) is 9.08. The third-order valence-corrected chi connectivity index (χ3v) is 3.74. The Kier molecular flexibility index (Phi) is 4.06. The number of Topliss-reactive ketones (excluding diaryl/α,β-unsaturated/α-hetero) is 1. The van der Waals surface area contributed by atoms with Gasteiger partial charge >= 0.3 is 0 Å². The molecule has 1 aromatic heterocycles. The van der Waals surface area contributed by atoms with Gasteiger partial charge in [0.2, 0.25) is 0 Å². The summed E-state index contributed by atoms with van der Waals surface area (Å²) in [6.45, 7) is 1.49. The number of ketones is 1. The van der Waals surface area contributed by atoms with Crippen LogP contribution in [-0.2, 0) is 5.75 Å². The van der Waals surface area contributed by atoms with Crippen LogP contribution in [-0.4, -0.2) is 21.0 Å². The molecule has 0 spiro atoms. The maximum absolute atomic E-state index is 11.3. The van der Waals surface area contributed by atoms with Crippen LogP contribution in [0, 0.1) is 0 Å². The fraction of sp³-hybridized carbons (Fsp3) is 0.143. The Morgan fingerprint density at radius 1 is 1.26 bits per heavy atom. The molecular weight excluding hydrogens is 262 g/mol. The van der Waals surface area contributed by atoms with E-state index in [2.05, 4.69) is 4.98 Å². The van der Waals surface area contributed by atoms with Gasteiger partial charge in [0.15, 0.2) is 5.78 Å². The van der Waals surface area contributed by atoms with E-state index in [0.29, 0.717) is 16.2 Å². The minimum absolute atomic E-state index is 0.0373. The number of nitrogens with zero attached hydrogens (tertiary/aromatic N) is 1. The fourth-order valence-electron chi connectivity index (χ4n) is 1.58. The molecule has 0 radical (unpaired) electrons. The number of phenols is 2. The Morgan fingerprint density at radius 2 is 1.95 bits per heavy atom. The Balaban J connectivity index is 2.15. The lowest BCUT2D eigenvalue weighted by atomic mass is 10.2. The van der Waals surface area contributed by atoms with E-state index in [1.807, 2.05) is 0 Å². The van der Waals surface area contributed by atoms with Crippen LogP contribution in [0.3, 0.4) is 0 Å². The summed E-state index contributed by atoms with van der Waals surface area (Å²) < 4.78 is 0. The second kappa shape index (κ2) is 5.75. The number of phenolic OH excluding ortho intramolecular Hbond substituents is 2. The van der Waals surface area contributed by atoms with E-state index < -0.39 is 0 Å². The predicted octanol–water partition coefficient (Wildman–Crippen LogP) is 2.99. The summed E-state index contributed by atoms with van der Waals surface area (Å²) >= 11 is 1.30. The zero-order valence-electron chi connectivity index (χ0n) is 10.3. The molecule has 0 aliphatic rings. The molecule has 4 nitrogen and oxygen atoms in total. The second-order valence-electron chi connectivity index (χ2n) is 4.05. The van der Waals surface area contributed by atoms with Crippen molar-refractivity contribution in [2.45, 2.75) is 17.6 Å². The summed E-state index contributed by atoms with van der Waals surface area (Å²) in [7, 11) is 0. The zero-order chi connectivity index (χ0) is 13.8. The molecule has 2 rings (SSSR count). The van der Waals surface area contributed by atoms with E-state index in [1.54, 1.807) is 18.3 Å². The normalized spacial score (nSPS) is 10.4. The van der Waals surface area contributed by atoms with Crippen LogP contribution in [0.4, 0.5) is 0 Å². The fourth-order valence-corrected chi connectivity index (χ4v) is 2.48. The maximum Gasteiger partial charge on any atom is 0.161 e. The van der Waals surface area contributed by atoms with Crippen LogP contribution in [0.15, 0.2) is 41.6 Å². The van der Waals surface area contributed by atoms with Crippen LogP contribution in [0.2, 0.25) is 0 Å². The number of thioether (sulfide) groups is 1. The number of hydrogen-bond acceptors (Lipinski definition) is 5. The largest absolute Gasteiger partial charge is 0.507 e. The van der Waals surface area contributed by atoms with Gasteiger partial charge in [-0.1, -0.05) is 6.07 Å². The molecule has 0 bridgehead atoms. The lowest BCUT2D eigenvalue weighted by Crippen LogP contribution is -1.95. The van der Waals surface area contributed by atoms with Gasteiger partial charge in [0.05, 0.1) is 4.90 Å². The molecular formula is C14H13NO3S. The molecule has 1 heterocycles. The summed E-state index contributed by atoms with van der Waals surface area (Å²) in [6.07, 6.45) is 3.18. The SMILES string of the molecule is CC(=O)c1cncc(CSc2c(O)cccc2O)c1. The summed E-state index contributed by atoms with van der Waals surface area (Å²) in [5.41, 5.74) is 1.42. The van der Waals surface area contributed by atoms with Crippen molar-refractivity contribution < 1.29 is 15.0 Å². The van der Waals surface area contributed by atoms with E-state index in [-0.39, 0.29) is 17.3 Å². The van der Waals surface area contributed by atoms with Crippen molar-refractivity contribution in [2.24, 2.45) is 0 Å². The number of aromatic nitrogens is 1. The summed E-state index contributed by atoms with van der Waals surface area (Å²) in [4.78, 5) is 15.7. The number of hydrogen-bond donors (Lipinski definition) is 2. The first-order valence-electron chi connectivity index (χ1n) is 5.66. The topological polar surface area (TPSA) is 70.4 Å². The molecule has 0 unspecified atom stereocenters. The molecule has 0 atom stereocenters. The van der Waals surface area contributed by atoms with E-state index in [1.165, 1.54) is 37.0 Å². The van der Waals surface area contributed by atoms with Gasteiger partial charge in [-0.3, -0.25) is 9.78 Å². The van der Waals surface area contributed by atoms with Crippen LogP contribution < -0.4 is 0 Å². The molecule has 0 aliphatic heterocycles. The number of rotatable bonds is 4. The Hall–Kier alpha value is -2.01. The van der Waals surface area contributed by atoms with Crippen molar-refractivity contribution in [3.05, 3.63) is 47.8 Å². The highest BCUT2D eigenvalue weighted by molar-refractivity contribution is 7.98. The monoisotopic (exact) mass is 275 g/mol. The molecule has 98 valence electrons. The standard InChI is InChI=1S/C14H13NO3S/c1-9(16)11-5-10(6-15-7-11)8-19-14-12(17)3-2-4-13(14)18/h2-7,17-18H,8H2,1H3. The van der Waals surface area contributed by atoms with Crippen molar-refractivity contribution in [1.82, 2.24) is 4.98 Å². The van der Waals surface area contributed by atoms with Gasteiger partial charge in [-0.25, -0.2) is 0 Å². The second-order valence-corrected chi connectivity index (χ2v) is 5.04. The number of carbonyl (C=O) groups is 1. The van der Waals surface area contributed by atoms with E-state index in [0.717, 1.165) is 5.56 Å². The number of pyridine rings is 1. The lowest BCUT2D eigenvalue weighted by molar-refractivity contribution is 0.101. The molecule has 0 fully saturated rings. The smallest absolute Gasteiger partial charge is 0.161 e. The van der Waals surface area contributed by atoms with Gasteiger partial charge in [-0.15, -0.1) is 11.8 Å². The van der Waals surface area contributed by atoms with Crippen molar-refractivity contribution >= 4 is 17.5 Å². The van der Waals surface area contributed by atoms with Crippen LogP contribution in [0.25, 0.3) is 0 Å². The van der Waals surface area contributed by atoms with Crippen molar-refractivity contribution in [3.63, 3.8) is 0 Å². The molecule has 0 saturated heterocycles. The molecule has 0 aliphatic carbocycles. The first kappa shape index (κ1) is 13.4. The van der Waals surface area contributed by atoms with Crippen LogP contribution in [0.1, 0.15) is 22.8 Å². The highest BCUT2D eigenvalue weighted by atomic mass is 32.2. The summed E-state index contributed by atoms with van der Waals surface area (Å²) in [5, 5.41) is 19.3. The third-order valence-electron chi connectivity index (χ3n) is 2.56. The van der Waals surface area contributed by atoms with Gasteiger partial charge in [-0.05, 0) is 30.7 Å². The highest BCUT2D eigenvalue weighted by Crippen LogP contribution is 2.37. The zero-order valence-corrected chi connectivity index (χ0v) is 11.1. The van der Waals surface area contributed by atoms with Crippen molar-refractivity contribution in [3.8, 4) is 11.5 Å². The lowest BCUT2D eigenvalue weighted by Gasteiger charge is -2.07. The first-order valence-corrected chi connectivity index (χ1v) is 6.65. The molecule has 0 amide bonds. The molecule has 2 aromatic rings. The van der Waals surface area contributed by atoms with Gasteiger partial charge in [0.1, 0.15) is 11.5 Å². The van der Waals surface area contributed by atoms with Crippen molar-refractivity contribution in [1.29, 1.82) is 0 Å². The highest BCUT2D eigenvalue weighted by Gasteiger charge is 2.08. The minimum Gasteiger partial charge on any atom is -0.507 e. The summed E-state index contributed by atoms with van der Waals surface area (Å²) in [5.74, 6) is 0.560. The molecule has 2 N–H and O–H groups in total. The quantitative estimate of drug-likeness (QED) is 0.663. The third kappa shape index (κ3) is 3.26. The molecule has 0 saturated carbocycles. The Labute approximate surface area is 115 Å². The molecule has 19 heavy (non-hydrogen) atoms. The van der Waals surface area contributed by atoms with E-state index >= 15 is 0 Å². The maximum atomic E-state index is 11.3. The average Bonchev–Trinajstić information content (AvgIpc) is 2.38. The summed E-state index contributed by atoms with van der Waals surface area (Å²) in [6, 6.07) is 6.38. The van der Waals surface area contributed by atoms with Crippen LogP contribution in [0.5, 0.6) is 11.5 Å². The minimum atomic E-state index is -0.0373. The number of aromatic hydroxyl groups is 2. The average molecular weight is 275 g/mol. The van der Waals surface area contributed by atoms with Gasteiger partial charge in [-0.2, -0.15) is 0 Å².